The van der Waals surface area contributed by atoms with Gasteiger partial charge >= 0.3 is 5.97 Å². The Morgan fingerprint density at radius 3 is 2.85 bits per heavy atom. The molecule has 110 valence electrons. The van der Waals surface area contributed by atoms with Gasteiger partial charge in [0.2, 0.25) is 0 Å². The van der Waals surface area contributed by atoms with Crippen LogP contribution in [0.4, 0.5) is 0 Å². The van der Waals surface area contributed by atoms with Crippen molar-refractivity contribution < 1.29 is 24.1 Å². The van der Waals surface area contributed by atoms with E-state index in [-0.39, 0.29) is 12.7 Å². The lowest BCUT2D eigenvalue weighted by atomic mass is 10.1. The third-order valence-corrected chi connectivity index (χ3v) is 3.33. The first kappa shape index (κ1) is 15.0. The van der Waals surface area contributed by atoms with Crippen molar-refractivity contribution in [2.24, 2.45) is 0 Å². The molecule has 5 heteroatoms. The SMILES string of the molecule is COCCC1C[C@@H](O)[C@@H](COC(=O)c2ccccc2)O1. The standard InChI is InChI=1S/C15H20O5/c1-18-8-7-12-9-13(16)14(20-12)10-19-15(17)11-5-3-2-4-6-11/h2-6,12-14,16H,7-10H2,1H3/t12?,13-,14-/m1/s1. The number of aliphatic hydroxyl groups excluding tert-OH is 1. The van der Waals surface area contributed by atoms with Gasteiger partial charge in [-0.2, -0.15) is 0 Å². The van der Waals surface area contributed by atoms with E-state index in [2.05, 4.69) is 0 Å². The average molecular weight is 280 g/mol. The van der Waals surface area contributed by atoms with Crippen molar-refractivity contribution in [3.05, 3.63) is 35.9 Å². The van der Waals surface area contributed by atoms with Crippen LogP contribution < -0.4 is 0 Å². The van der Waals surface area contributed by atoms with Gasteiger partial charge in [0.25, 0.3) is 0 Å². The summed E-state index contributed by atoms with van der Waals surface area (Å²) < 4.78 is 15.8. The van der Waals surface area contributed by atoms with Crippen molar-refractivity contribution in [2.75, 3.05) is 20.3 Å². The average Bonchev–Trinajstić information content (AvgIpc) is 2.83. The van der Waals surface area contributed by atoms with E-state index in [0.29, 0.717) is 18.6 Å². The first-order valence-corrected chi connectivity index (χ1v) is 6.75. The van der Waals surface area contributed by atoms with E-state index >= 15 is 0 Å². The van der Waals surface area contributed by atoms with Crippen molar-refractivity contribution in [2.45, 2.75) is 31.2 Å². The Bertz CT molecular complexity index is 420. The van der Waals surface area contributed by atoms with Gasteiger partial charge < -0.3 is 19.3 Å². The molecule has 1 aliphatic rings. The van der Waals surface area contributed by atoms with Gasteiger partial charge in [0.15, 0.2) is 0 Å². The summed E-state index contributed by atoms with van der Waals surface area (Å²) in [4.78, 5) is 11.8. The summed E-state index contributed by atoms with van der Waals surface area (Å²) >= 11 is 0. The monoisotopic (exact) mass is 280 g/mol. The molecule has 3 atom stereocenters. The van der Waals surface area contributed by atoms with Crippen LogP contribution in [0.1, 0.15) is 23.2 Å². The Morgan fingerprint density at radius 2 is 2.15 bits per heavy atom. The highest BCUT2D eigenvalue weighted by Gasteiger charge is 2.34. The zero-order valence-corrected chi connectivity index (χ0v) is 11.5. The van der Waals surface area contributed by atoms with Gasteiger partial charge in [0.1, 0.15) is 12.7 Å². The lowest BCUT2D eigenvalue weighted by Gasteiger charge is -2.15. The molecule has 0 amide bonds. The largest absolute Gasteiger partial charge is 0.459 e. The second kappa shape index (κ2) is 7.38. The van der Waals surface area contributed by atoms with Crippen molar-refractivity contribution in [3.63, 3.8) is 0 Å². The molecule has 1 aromatic rings. The van der Waals surface area contributed by atoms with E-state index in [1.54, 1.807) is 31.4 Å². The molecular weight excluding hydrogens is 260 g/mol. The third kappa shape index (κ3) is 4.03. The summed E-state index contributed by atoms with van der Waals surface area (Å²) in [5.41, 5.74) is 0.496. The Balaban J connectivity index is 1.78. The molecule has 20 heavy (non-hydrogen) atoms. The highest BCUT2D eigenvalue weighted by Crippen LogP contribution is 2.23. The van der Waals surface area contributed by atoms with Crippen LogP contribution in [-0.2, 0) is 14.2 Å². The number of esters is 1. The molecule has 1 heterocycles. The summed E-state index contributed by atoms with van der Waals surface area (Å²) in [6, 6.07) is 8.77. The number of rotatable bonds is 6. The maximum absolute atomic E-state index is 11.8. The third-order valence-electron chi connectivity index (χ3n) is 3.33. The summed E-state index contributed by atoms with van der Waals surface area (Å²) in [6.07, 6.45) is 0.198. The summed E-state index contributed by atoms with van der Waals surface area (Å²) in [6.45, 7) is 0.659. The molecule has 5 nitrogen and oxygen atoms in total. The summed E-state index contributed by atoms with van der Waals surface area (Å²) in [5.74, 6) is -0.401. The van der Waals surface area contributed by atoms with Crippen molar-refractivity contribution >= 4 is 5.97 Å². The molecule has 2 rings (SSSR count). The number of carbonyl (C=O) groups excluding carboxylic acids is 1. The quantitative estimate of drug-likeness (QED) is 0.798. The maximum Gasteiger partial charge on any atom is 0.338 e. The summed E-state index contributed by atoms with van der Waals surface area (Å²) in [5, 5.41) is 9.89. The van der Waals surface area contributed by atoms with Crippen molar-refractivity contribution in [3.8, 4) is 0 Å². The first-order chi connectivity index (χ1) is 9.70. The van der Waals surface area contributed by atoms with Crippen molar-refractivity contribution in [1.29, 1.82) is 0 Å². The second-order valence-electron chi connectivity index (χ2n) is 4.85. The Morgan fingerprint density at radius 1 is 1.40 bits per heavy atom. The molecule has 0 aliphatic carbocycles. The number of ether oxygens (including phenoxy) is 3. The Kier molecular flexibility index (Phi) is 5.52. The molecule has 1 unspecified atom stereocenters. The van der Waals surface area contributed by atoms with Crippen LogP contribution in [0.5, 0.6) is 0 Å². The molecule has 1 fully saturated rings. The predicted octanol–water partition coefficient (Wildman–Crippen LogP) is 1.40. The number of benzene rings is 1. The molecule has 0 saturated carbocycles. The van der Waals surface area contributed by atoms with Gasteiger partial charge in [-0.05, 0) is 18.6 Å². The first-order valence-electron chi connectivity index (χ1n) is 6.75. The van der Waals surface area contributed by atoms with E-state index in [1.165, 1.54) is 0 Å². The number of aliphatic hydroxyl groups is 1. The fourth-order valence-corrected chi connectivity index (χ4v) is 2.22. The Labute approximate surface area is 118 Å². The van der Waals surface area contributed by atoms with Crippen LogP contribution in [0.25, 0.3) is 0 Å². The van der Waals surface area contributed by atoms with Crippen LogP contribution in [0.15, 0.2) is 30.3 Å². The van der Waals surface area contributed by atoms with Gasteiger partial charge in [0, 0.05) is 20.1 Å². The summed E-state index contributed by atoms with van der Waals surface area (Å²) in [7, 11) is 1.63. The molecule has 1 N–H and O–H groups in total. The molecule has 0 spiro atoms. The molecule has 0 radical (unpaired) electrons. The van der Waals surface area contributed by atoms with E-state index < -0.39 is 18.2 Å². The zero-order chi connectivity index (χ0) is 14.4. The minimum Gasteiger partial charge on any atom is -0.459 e. The van der Waals surface area contributed by atoms with Crippen LogP contribution in [0.2, 0.25) is 0 Å². The fourth-order valence-electron chi connectivity index (χ4n) is 2.22. The predicted molar refractivity (Wildman–Crippen MR) is 72.5 cm³/mol. The number of methoxy groups -OCH3 is 1. The van der Waals surface area contributed by atoms with Gasteiger partial charge in [0.05, 0.1) is 17.8 Å². The number of hydrogen-bond donors (Lipinski definition) is 1. The molecule has 1 aliphatic heterocycles. The molecule has 0 aromatic heterocycles. The highest BCUT2D eigenvalue weighted by molar-refractivity contribution is 5.89. The molecular formula is C15H20O5. The zero-order valence-electron chi connectivity index (χ0n) is 11.5. The number of hydrogen-bond acceptors (Lipinski definition) is 5. The van der Waals surface area contributed by atoms with E-state index in [1.807, 2.05) is 6.07 Å². The lowest BCUT2D eigenvalue weighted by molar-refractivity contribution is -0.0385. The molecule has 1 aromatic carbocycles. The van der Waals surface area contributed by atoms with Crippen LogP contribution in [0.3, 0.4) is 0 Å². The van der Waals surface area contributed by atoms with E-state index in [0.717, 1.165) is 6.42 Å². The van der Waals surface area contributed by atoms with Crippen LogP contribution in [-0.4, -0.2) is 49.7 Å². The second-order valence-corrected chi connectivity index (χ2v) is 4.85. The van der Waals surface area contributed by atoms with E-state index in [9.17, 15) is 9.90 Å². The van der Waals surface area contributed by atoms with Gasteiger partial charge in [-0.1, -0.05) is 18.2 Å². The normalized spacial score (nSPS) is 25.6. The highest BCUT2D eigenvalue weighted by atomic mass is 16.6. The lowest BCUT2D eigenvalue weighted by Crippen LogP contribution is -2.28. The fraction of sp³-hybridized carbons (Fsp3) is 0.533. The topological polar surface area (TPSA) is 65.0 Å². The molecule has 1 saturated heterocycles. The smallest absolute Gasteiger partial charge is 0.338 e. The van der Waals surface area contributed by atoms with Gasteiger partial charge in [-0.25, -0.2) is 4.79 Å². The Hall–Kier alpha value is -1.43. The number of carbonyl (C=O) groups is 1. The van der Waals surface area contributed by atoms with Gasteiger partial charge in [-0.3, -0.25) is 0 Å². The minimum atomic E-state index is -0.597. The van der Waals surface area contributed by atoms with Crippen LogP contribution >= 0.6 is 0 Å². The van der Waals surface area contributed by atoms with E-state index in [4.69, 9.17) is 14.2 Å². The van der Waals surface area contributed by atoms with Gasteiger partial charge in [-0.15, -0.1) is 0 Å². The van der Waals surface area contributed by atoms with Crippen LogP contribution in [0, 0.1) is 0 Å². The molecule has 0 bridgehead atoms. The maximum atomic E-state index is 11.8. The minimum absolute atomic E-state index is 0.0367. The van der Waals surface area contributed by atoms with Crippen molar-refractivity contribution in [1.82, 2.24) is 0 Å².